The van der Waals surface area contributed by atoms with Gasteiger partial charge in [-0.1, -0.05) is 36.4 Å². The number of amides is 3. The van der Waals surface area contributed by atoms with Gasteiger partial charge in [0.2, 0.25) is 5.91 Å². The second-order valence-corrected chi connectivity index (χ2v) is 9.74. The molecule has 0 N–H and O–H groups in total. The lowest BCUT2D eigenvalue weighted by Gasteiger charge is -2.36. The Bertz CT molecular complexity index is 1320. The van der Waals surface area contributed by atoms with E-state index in [4.69, 9.17) is 0 Å². The second-order valence-electron chi connectivity index (χ2n) is 9.74. The third-order valence-corrected chi connectivity index (χ3v) is 7.39. The van der Waals surface area contributed by atoms with Gasteiger partial charge in [-0.15, -0.1) is 0 Å². The van der Waals surface area contributed by atoms with E-state index >= 15 is 0 Å². The number of fused-ring (bicyclic) bond motifs is 1. The predicted molar refractivity (Wildman–Crippen MR) is 136 cm³/mol. The zero-order valence-electron chi connectivity index (χ0n) is 21.0. The molecule has 5 rings (SSSR count). The molecule has 8 heteroatoms. The Kier molecular flexibility index (Phi) is 6.35. The van der Waals surface area contributed by atoms with Crippen LogP contribution >= 0.6 is 0 Å². The number of nitrogens with zero attached hydrogens (tertiary/aromatic N) is 5. The van der Waals surface area contributed by atoms with E-state index in [1.165, 1.54) is 4.90 Å². The Morgan fingerprint density at radius 2 is 1.86 bits per heavy atom. The van der Waals surface area contributed by atoms with Crippen molar-refractivity contribution < 1.29 is 14.4 Å². The van der Waals surface area contributed by atoms with E-state index in [2.05, 4.69) is 10.00 Å². The maximum atomic E-state index is 13.5. The summed E-state index contributed by atoms with van der Waals surface area (Å²) in [5.74, 6) is -0.632. The van der Waals surface area contributed by atoms with Gasteiger partial charge in [-0.2, -0.15) is 5.10 Å². The van der Waals surface area contributed by atoms with E-state index in [1.807, 2.05) is 63.5 Å². The highest BCUT2D eigenvalue weighted by molar-refractivity contribution is 6.23. The van der Waals surface area contributed by atoms with Gasteiger partial charge in [-0.05, 0) is 37.5 Å². The van der Waals surface area contributed by atoms with Crippen LogP contribution in [0.4, 0.5) is 5.69 Å². The maximum Gasteiger partial charge on any atom is 0.263 e. The molecule has 3 amide bonds. The van der Waals surface area contributed by atoms with Crippen molar-refractivity contribution in [3.63, 3.8) is 0 Å². The molecular weight excluding hydrogens is 454 g/mol. The predicted octanol–water partition coefficient (Wildman–Crippen LogP) is 3.40. The fourth-order valence-corrected chi connectivity index (χ4v) is 5.24. The van der Waals surface area contributed by atoms with Crippen LogP contribution in [0, 0.1) is 12.8 Å². The monoisotopic (exact) mass is 485 g/mol. The standard InChI is InChI=1S/C28H31N5O3/c1-19-22(15-29-31(19)3)18-33-27(35)23-12-7-13-24(25(23)28(33)36)32-14-8-11-21(17-32)26(34)30(2)16-20-9-5-4-6-10-20/h4-7,9-10,12-13,15,21H,8,11,14,16-18H2,1-3H3/t21-/m1/s1. The first-order valence-electron chi connectivity index (χ1n) is 12.4. The number of aromatic nitrogens is 2. The molecule has 0 unspecified atom stereocenters. The molecule has 3 aromatic rings. The minimum absolute atomic E-state index is 0.104. The third-order valence-electron chi connectivity index (χ3n) is 7.39. The molecule has 0 bridgehead atoms. The molecule has 1 fully saturated rings. The maximum absolute atomic E-state index is 13.5. The first-order valence-corrected chi connectivity index (χ1v) is 12.4. The largest absolute Gasteiger partial charge is 0.370 e. The number of imide groups is 1. The molecule has 0 radical (unpaired) electrons. The molecule has 0 spiro atoms. The Morgan fingerprint density at radius 1 is 1.08 bits per heavy atom. The highest BCUT2D eigenvalue weighted by atomic mass is 16.2. The van der Waals surface area contributed by atoms with Gasteiger partial charge in [-0.3, -0.25) is 24.0 Å². The fourth-order valence-electron chi connectivity index (χ4n) is 5.24. The van der Waals surface area contributed by atoms with Gasteiger partial charge in [0, 0.05) is 45.0 Å². The summed E-state index contributed by atoms with van der Waals surface area (Å²) in [7, 11) is 3.68. The molecule has 8 nitrogen and oxygen atoms in total. The van der Waals surface area contributed by atoms with Crippen LogP contribution in [0.1, 0.15) is 50.4 Å². The van der Waals surface area contributed by atoms with E-state index in [1.54, 1.807) is 21.8 Å². The Hall–Kier alpha value is -3.94. The number of rotatable bonds is 6. The summed E-state index contributed by atoms with van der Waals surface area (Å²) >= 11 is 0. The van der Waals surface area contributed by atoms with Crippen LogP contribution in [0.2, 0.25) is 0 Å². The first-order chi connectivity index (χ1) is 17.3. The minimum Gasteiger partial charge on any atom is -0.370 e. The van der Waals surface area contributed by atoms with Crippen LogP contribution in [0.15, 0.2) is 54.7 Å². The van der Waals surface area contributed by atoms with Gasteiger partial charge >= 0.3 is 0 Å². The highest BCUT2D eigenvalue weighted by Gasteiger charge is 2.40. The molecule has 1 atom stereocenters. The average Bonchev–Trinajstić information content (AvgIpc) is 3.35. The van der Waals surface area contributed by atoms with Crippen LogP contribution in [0.5, 0.6) is 0 Å². The molecule has 2 aliphatic heterocycles. The van der Waals surface area contributed by atoms with Gasteiger partial charge in [0.05, 0.1) is 35.5 Å². The average molecular weight is 486 g/mol. The van der Waals surface area contributed by atoms with Gasteiger partial charge in [-0.25, -0.2) is 0 Å². The molecule has 2 aliphatic rings. The van der Waals surface area contributed by atoms with Crippen LogP contribution in [0.25, 0.3) is 0 Å². The summed E-state index contributed by atoms with van der Waals surface area (Å²) in [6.45, 7) is 3.94. The Balaban J connectivity index is 1.34. The minimum atomic E-state index is -0.288. The number of aryl methyl sites for hydroxylation is 1. The summed E-state index contributed by atoms with van der Waals surface area (Å²) in [5.41, 5.74) is 4.46. The molecule has 1 saturated heterocycles. The van der Waals surface area contributed by atoms with Crippen molar-refractivity contribution in [1.82, 2.24) is 19.6 Å². The Labute approximate surface area is 211 Å². The molecule has 186 valence electrons. The fraction of sp³-hybridized carbons (Fsp3) is 0.357. The van der Waals surface area contributed by atoms with E-state index < -0.39 is 0 Å². The van der Waals surface area contributed by atoms with Crippen molar-refractivity contribution in [3.8, 4) is 0 Å². The highest BCUT2D eigenvalue weighted by Crippen LogP contribution is 2.35. The van der Waals surface area contributed by atoms with E-state index in [-0.39, 0.29) is 30.2 Å². The number of carbonyl (C=O) groups is 3. The number of piperidine rings is 1. The van der Waals surface area contributed by atoms with Crippen molar-refractivity contribution in [3.05, 3.63) is 82.7 Å². The first kappa shape index (κ1) is 23.8. The van der Waals surface area contributed by atoms with Gasteiger partial charge in [0.15, 0.2) is 0 Å². The summed E-state index contributed by atoms with van der Waals surface area (Å²) < 4.78 is 1.73. The molecule has 2 aromatic carbocycles. The van der Waals surface area contributed by atoms with Gasteiger partial charge in [0.25, 0.3) is 11.8 Å². The smallest absolute Gasteiger partial charge is 0.263 e. The van der Waals surface area contributed by atoms with Gasteiger partial charge in [0.1, 0.15) is 0 Å². The zero-order valence-corrected chi connectivity index (χ0v) is 21.0. The number of benzene rings is 2. The van der Waals surface area contributed by atoms with Crippen molar-refractivity contribution in [2.75, 3.05) is 25.0 Å². The molecule has 36 heavy (non-hydrogen) atoms. The lowest BCUT2D eigenvalue weighted by atomic mass is 9.94. The zero-order chi connectivity index (χ0) is 25.4. The third kappa shape index (κ3) is 4.27. The van der Waals surface area contributed by atoms with Crippen molar-refractivity contribution in [1.29, 1.82) is 0 Å². The quantitative estimate of drug-likeness (QED) is 0.500. The molecular formula is C28H31N5O3. The van der Waals surface area contributed by atoms with Crippen molar-refractivity contribution in [2.24, 2.45) is 13.0 Å². The number of carbonyl (C=O) groups excluding carboxylic acids is 3. The number of hydrogen-bond acceptors (Lipinski definition) is 5. The topological polar surface area (TPSA) is 78.8 Å². The SMILES string of the molecule is Cc1c(CN2C(=O)c3cccc(N4CCC[C@@H](C(=O)N(C)Cc5ccccc5)C4)c3C2=O)cnn1C. The second kappa shape index (κ2) is 9.60. The van der Waals surface area contributed by atoms with E-state index in [0.29, 0.717) is 24.2 Å². The summed E-state index contributed by atoms with van der Waals surface area (Å²) in [4.78, 5) is 45.2. The Morgan fingerprint density at radius 3 is 2.58 bits per heavy atom. The number of anilines is 1. The summed E-state index contributed by atoms with van der Waals surface area (Å²) in [6.07, 6.45) is 3.36. The molecule has 1 aromatic heterocycles. The molecule has 0 saturated carbocycles. The van der Waals surface area contributed by atoms with Crippen LogP contribution in [-0.4, -0.2) is 57.4 Å². The lowest BCUT2D eigenvalue weighted by Crippen LogP contribution is -2.44. The summed E-state index contributed by atoms with van der Waals surface area (Å²) in [6, 6.07) is 15.4. The molecule has 0 aliphatic carbocycles. The van der Waals surface area contributed by atoms with Crippen molar-refractivity contribution >= 4 is 23.4 Å². The van der Waals surface area contributed by atoms with Crippen LogP contribution in [-0.2, 0) is 24.9 Å². The number of hydrogen-bond donors (Lipinski definition) is 0. The van der Waals surface area contributed by atoms with Crippen LogP contribution in [0.3, 0.4) is 0 Å². The summed E-state index contributed by atoms with van der Waals surface area (Å²) in [5, 5.41) is 4.24. The van der Waals surface area contributed by atoms with E-state index in [0.717, 1.165) is 41.9 Å². The lowest BCUT2D eigenvalue weighted by molar-refractivity contribution is -0.135. The van der Waals surface area contributed by atoms with E-state index in [9.17, 15) is 14.4 Å². The van der Waals surface area contributed by atoms with Gasteiger partial charge < -0.3 is 9.80 Å². The normalized spacial score (nSPS) is 17.5. The van der Waals surface area contributed by atoms with Crippen LogP contribution < -0.4 is 4.90 Å². The van der Waals surface area contributed by atoms with Crippen molar-refractivity contribution in [2.45, 2.75) is 32.9 Å². The molecule has 3 heterocycles.